The van der Waals surface area contributed by atoms with E-state index in [9.17, 15) is 13.2 Å². The van der Waals surface area contributed by atoms with Gasteiger partial charge in [-0.25, -0.2) is 13.1 Å². The lowest BCUT2D eigenvalue weighted by Gasteiger charge is -2.39. The van der Waals surface area contributed by atoms with E-state index in [1.807, 2.05) is 29.9 Å². The molecular weight excluding hydrogens is 414 g/mol. The van der Waals surface area contributed by atoms with Crippen molar-refractivity contribution in [2.45, 2.75) is 55.5 Å². The van der Waals surface area contributed by atoms with E-state index < -0.39 is 10.0 Å². The summed E-state index contributed by atoms with van der Waals surface area (Å²) in [6.45, 7) is 1.97. The Kier molecular flexibility index (Phi) is 5.56. The number of nitrogens with one attached hydrogen (secondary N) is 1. The monoisotopic (exact) mass is 445 g/mol. The van der Waals surface area contributed by atoms with Gasteiger partial charge in [0.25, 0.3) is 0 Å². The van der Waals surface area contributed by atoms with Gasteiger partial charge in [-0.3, -0.25) is 4.79 Å². The molecule has 0 unspecified atom stereocenters. The first-order valence-corrected chi connectivity index (χ1v) is 12.9. The smallest absolute Gasteiger partial charge is 0.240 e. The topological polar surface area (TPSA) is 80.6 Å². The molecule has 1 aromatic carbocycles. The van der Waals surface area contributed by atoms with Crippen LogP contribution >= 0.6 is 0 Å². The predicted octanol–water partition coefficient (Wildman–Crippen LogP) is 2.65. The van der Waals surface area contributed by atoms with E-state index in [1.54, 1.807) is 12.1 Å². The number of hydrogen-bond donors (Lipinski definition) is 1. The maximum absolute atomic E-state index is 13.2. The lowest BCUT2D eigenvalue weighted by molar-refractivity contribution is -0.146. The third-order valence-electron chi connectivity index (χ3n) is 7.18. The van der Waals surface area contributed by atoms with E-state index in [4.69, 9.17) is 4.74 Å². The predicted molar refractivity (Wildman–Crippen MR) is 118 cm³/mol. The van der Waals surface area contributed by atoms with Crippen LogP contribution in [-0.4, -0.2) is 55.6 Å². The highest BCUT2D eigenvalue weighted by atomic mass is 32.2. The van der Waals surface area contributed by atoms with Gasteiger partial charge in [-0.2, -0.15) is 0 Å². The molecule has 2 saturated carbocycles. The Morgan fingerprint density at radius 3 is 2.61 bits per heavy atom. The van der Waals surface area contributed by atoms with Crippen LogP contribution in [0.1, 0.15) is 38.5 Å². The molecule has 3 aliphatic rings. The van der Waals surface area contributed by atoms with Crippen LogP contribution in [0.5, 0.6) is 0 Å². The first-order chi connectivity index (χ1) is 14.9. The van der Waals surface area contributed by atoms with Crippen LogP contribution in [-0.2, 0) is 26.6 Å². The Morgan fingerprint density at radius 2 is 1.87 bits per heavy atom. The molecule has 1 aromatic heterocycles. The van der Waals surface area contributed by atoms with E-state index in [1.165, 1.54) is 12.8 Å². The van der Waals surface area contributed by atoms with Crippen molar-refractivity contribution < 1.29 is 17.9 Å². The quantitative estimate of drug-likeness (QED) is 0.767. The maximum Gasteiger partial charge on any atom is 0.240 e. The number of nitrogens with zero attached hydrogens (tertiary/aromatic N) is 2. The van der Waals surface area contributed by atoms with Crippen molar-refractivity contribution in [2.24, 2.45) is 18.9 Å². The van der Waals surface area contributed by atoms with Gasteiger partial charge in [-0.05, 0) is 68.7 Å². The minimum atomic E-state index is -3.58. The highest BCUT2D eigenvalue weighted by molar-refractivity contribution is 7.89. The molecule has 31 heavy (non-hydrogen) atoms. The lowest BCUT2D eigenvalue weighted by atomic mass is 9.85. The summed E-state index contributed by atoms with van der Waals surface area (Å²) in [5.41, 5.74) is 1.01. The van der Waals surface area contributed by atoms with E-state index in [2.05, 4.69) is 9.62 Å². The van der Waals surface area contributed by atoms with Crippen LogP contribution in [0.3, 0.4) is 0 Å². The van der Waals surface area contributed by atoms with Crippen LogP contribution in [0.15, 0.2) is 35.4 Å². The Labute approximate surface area is 183 Å². The number of aryl methyl sites for hydroxylation is 1. The van der Waals surface area contributed by atoms with Gasteiger partial charge in [0.05, 0.1) is 24.2 Å². The fourth-order valence-electron chi connectivity index (χ4n) is 5.18. The second-order valence-electron chi connectivity index (χ2n) is 9.33. The van der Waals surface area contributed by atoms with Gasteiger partial charge in [-0.1, -0.05) is 0 Å². The largest absolute Gasteiger partial charge is 0.377 e. The molecule has 8 heteroatoms. The number of fused-ring (bicyclic) bond motifs is 1. The van der Waals surface area contributed by atoms with E-state index in [0.717, 1.165) is 23.7 Å². The molecule has 2 aliphatic carbocycles. The highest BCUT2D eigenvalue weighted by Gasteiger charge is 2.41. The molecule has 1 saturated heterocycles. The Balaban J connectivity index is 1.20. The van der Waals surface area contributed by atoms with Crippen LogP contribution in [0.2, 0.25) is 0 Å². The van der Waals surface area contributed by atoms with E-state index in [0.29, 0.717) is 43.4 Å². The van der Waals surface area contributed by atoms with Gasteiger partial charge in [0.15, 0.2) is 0 Å². The second-order valence-corrected chi connectivity index (χ2v) is 11.0. The molecule has 1 atom stereocenters. The summed E-state index contributed by atoms with van der Waals surface area (Å²) in [6, 6.07) is 7.28. The number of rotatable bonds is 5. The lowest BCUT2D eigenvalue weighted by Crippen LogP contribution is -2.52. The molecule has 168 valence electrons. The summed E-state index contributed by atoms with van der Waals surface area (Å²) in [5, 5.41) is 0.912. The number of ether oxygens (including phenoxy) is 1. The second kappa shape index (κ2) is 8.22. The van der Waals surface area contributed by atoms with Crippen molar-refractivity contribution in [3.8, 4) is 0 Å². The zero-order valence-corrected chi connectivity index (χ0v) is 18.8. The first kappa shape index (κ1) is 21.0. The maximum atomic E-state index is 13.2. The summed E-state index contributed by atoms with van der Waals surface area (Å²) in [7, 11) is -1.64. The van der Waals surface area contributed by atoms with Crippen LogP contribution in [0, 0.1) is 11.8 Å². The summed E-state index contributed by atoms with van der Waals surface area (Å²) in [6.07, 6.45) is 7.18. The molecule has 2 aromatic rings. The molecular formula is C23H31N3O4S. The van der Waals surface area contributed by atoms with E-state index >= 15 is 0 Å². The van der Waals surface area contributed by atoms with Crippen LogP contribution in [0.25, 0.3) is 10.9 Å². The fourth-order valence-corrected chi connectivity index (χ4v) is 6.51. The average molecular weight is 446 g/mol. The first-order valence-electron chi connectivity index (χ1n) is 11.4. The van der Waals surface area contributed by atoms with Crippen molar-refractivity contribution in [3.63, 3.8) is 0 Å². The summed E-state index contributed by atoms with van der Waals surface area (Å²) in [5.74, 6) is 0.853. The number of benzene rings is 1. The summed E-state index contributed by atoms with van der Waals surface area (Å²) < 4.78 is 36.3. The molecule has 0 radical (unpaired) electrons. The zero-order chi connectivity index (χ0) is 21.6. The SMILES string of the molecule is Cn1ccc2cc(S(=O)(=O)NC3CCC(C(=O)N4CCOC[C@@H]4C4CC4)CC3)ccc21. The normalized spacial score (nSPS) is 27.5. The van der Waals surface area contributed by atoms with Gasteiger partial charge < -0.3 is 14.2 Å². The Bertz CT molecular complexity index is 1070. The third-order valence-corrected chi connectivity index (χ3v) is 8.70. The Morgan fingerprint density at radius 1 is 1.10 bits per heavy atom. The molecule has 2 heterocycles. The van der Waals surface area contributed by atoms with Crippen molar-refractivity contribution in [1.82, 2.24) is 14.2 Å². The minimum Gasteiger partial charge on any atom is -0.377 e. The summed E-state index contributed by atoms with van der Waals surface area (Å²) >= 11 is 0. The van der Waals surface area contributed by atoms with Gasteiger partial charge in [0.2, 0.25) is 15.9 Å². The number of hydrogen-bond acceptors (Lipinski definition) is 4. The van der Waals surface area contributed by atoms with Gasteiger partial charge in [-0.15, -0.1) is 0 Å². The zero-order valence-electron chi connectivity index (χ0n) is 18.0. The van der Waals surface area contributed by atoms with Gasteiger partial charge in [0, 0.05) is 42.7 Å². The third kappa shape index (κ3) is 4.25. The standard InChI is InChI=1S/C23H31N3O4S/c1-25-11-10-18-14-20(8-9-21(18)25)31(28,29)24-19-6-4-17(5-7-19)23(27)26-12-13-30-15-22(26)16-2-3-16/h8-11,14,16-17,19,22,24H,2-7,12-13,15H2,1H3/t17?,19?,22-/m1/s1. The molecule has 3 fully saturated rings. The number of carbonyl (C=O) groups excluding carboxylic acids is 1. The number of morpholine rings is 1. The number of amides is 1. The van der Waals surface area contributed by atoms with Gasteiger partial charge in [0.1, 0.15) is 0 Å². The number of carbonyl (C=O) groups is 1. The van der Waals surface area contributed by atoms with Crippen LogP contribution < -0.4 is 4.72 Å². The molecule has 0 spiro atoms. The molecule has 1 N–H and O–H groups in total. The molecule has 5 rings (SSSR count). The fraction of sp³-hybridized carbons (Fsp3) is 0.609. The van der Waals surface area contributed by atoms with Crippen molar-refractivity contribution in [1.29, 1.82) is 0 Å². The Hall–Kier alpha value is -1.90. The average Bonchev–Trinajstić information content (AvgIpc) is 3.56. The molecule has 7 nitrogen and oxygen atoms in total. The minimum absolute atomic E-state index is 0.000716. The van der Waals surface area contributed by atoms with Crippen LogP contribution in [0.4, 0.5) is 0 Å². The number of aromatic nitrogens is 1. The van der Waals surface area contributed by atoms with Gasteiger partial charge >= 0.3 is 0 Å². The number of sulfonamides is 1. The van der Waals surface area contributed by atoms with E-state index in [-0.39, 0.29) is 23.9 Å². The molecule has 1 aliphatic heterocycles. The van der Waals surface area contributed by atoms with Crippen molar-refractivity contribution in [3.05, 3.63) is 30.5 Å². The molecule has 0 bridgehead atoms. The van der Waals surface area contributed by atoms with Crippen molar-refractivity contribution in [2.75, 3.05) is 19.8 Å². The molecule has 1 amide bonds. The van der Waals surface area contributed by atoms with Crippen molar-refractivity contribution >= 4 is 26.8 Å². The summed E-state index contributed by atoms with van der Waals surface area (Å²) in [4.78, 5) is 15.5. The highest BCUT2D eigenvalue weighted by Crippen LogP contribution is 2.38.